The number of ether oxygens (including phenoxy) is 1. The summed E-state index contributed by atoms with van der Waals surface area (Å²) in [5.41, 5.74) is 5.48. The summed E-state index contributed by atoms with van der Waals surface area (Å²) < 4.78 is 66.4. The number of benzene rings is 1. The number of halogens is 6. The maximum atomic E-state index is 13.5. The zero-order valence-electron chi connectivity index (χ0n) is 9.61. The average molecular weight is 348 g/mol. The van der Waals surface area contributed by atoms with Gasteiger partial charge in [-0.15, -0.1) is 0 Å². The summed E-state index contributed by atoms with van der Waals surface area (Å²) in [7, 11) is 0. The van der Waals surface area contributed by atoms with Gasteiger partial charge in [-0.3, -0.25) is 0 Å². The SMILES string of the molecule is NC(CCOCC(F)(F)F)c1cc(F)c(Br)cc1F. The van der Waals surface area contributed by atoms with Crippen molar-refractivity contribution in [3.63, 3.8) is 0 Å². The van der Waals surface area contributed by atoms with Gasteiger partial charge in [-0.05, 0) is 34.5 Å². The van der Waals surface area contributed by atoms with E-state index in [1.165, 1.54) is 0 Å². The van der Waals surface area contributed by atoms with Crippen LogP contribution in [0.5, 0.6) is 0 Å². The first-order chi connectivity index (χ1) is 8.70. The molecule has 0 spiro atoms. The topological polar surface area (TPSA) is 35.2 Å². The lowest BCUT2D eigenvalue weighted by atomic mass is 10.0. The Hall–Kier alpha value is -0.730. The summed E-state index contributed by atoms with van der Waals surface area (Å²) in [6.45, 7) is -1.69. The van der Waals surface area contributed by atoms with Gasteiger partial charge in [-0.2, -0.15) is 13.2 Å². The van der Waals surface area contributed by atoms with E-state index in [-0.39, 0.29) is 23.1 Å². The quantitative estimate of drug-likeness (QED) is 0.500. The van der Waals surface area contributed by atoms with E-state index in [4.69, 9.17) is 5.73 Å². The Labute approximate surface area is 114 Å². The van der Waals surface area contributed by atoms with Crippen molar-refractivity contribution in [2.24, 2.45) is 5.73 Å². The van der Waals surface area contributed by atoms with Crippen LogP contribution in [-0.4, -0.2) is 19.4 Å². The highest BCUT2D eigenvalue weighted by Crippen LogP contribution is 2.25. The molecule has 0 aromatic heterocycles. The van der Waals surface area contributed by atoms with E-state index in [0.717, 1.165) is 12.1 Å². The fourth-order valence-corrected chi connectivity index (χ4v) is 1.69. The van der Waals surface area contributed by atoms with Gasteiger partial charge in [0, 0.05) is 18.2 Å². The number of nitrogens with two attached hydrogens (primary N) is 1. The minimum Gasteiger partial charge on any atom is -0.372 e. The van der Waals surface area contributed by atoms with Crippen molar-refractivity contribution in [2.45, 2.75) is 18.6 Å². The molecule has 1 aromatic carbocycles. The summed E-state index contributed by atoms with van der Waals surface area (Å²) in [5.74, 6) is -1.42. The van der Waals surface area contributed by atoms with Crippen molar-refractivity contribution in [3.05, 3.63) is 33.8 Å². The highest BCUT2D eigenvalue weighted by Gasteiger charge is 2.27. The van der Waals surface area contributed by atoms with Crippen LogP contribution in [-0.2, 0) is 4.74 Å². The lowest BCUT2D eigenvalue weighted by Gasteiger charge is -2.14. The molecule has 2 nitrogen and oxygen atoms in total. The zero-order chi connectivity index (χ0) is 14.6. The standard InChI is InChI=1S/C11H11BrF5NO/c12-7-4-8(13)6(3-9(7)14)10(18)1-2-19-5-11(15,16)17/h3-4,10H,1-2,5,18H2. The zero-order valence-corrected chi connectivity index (χ0v) is 11.2. The van der Waals surface area contributed by atoms with E-state index >= 15 is 0 Å². The Kier molecular flexibility index (Phi) is 5.69. The van der Waals surface area contributed by atoms with Crippen LogP contribution in [0, 0.1) is 11.6 Å². The molecule has 108 valence electrons. The normalized spacial score (nSPS) is 13.6. The molecule has 2 N–H and O–H groups in total. The summed E-state index contributed by atoms with van der Waals surface area (Å²) in [5, 5.41) is 0. The average Bonchev–Trinajstić information content (AvgIpc) is 2.28. The Morgan fingerprint density at radius 3 is 2.42 bits per heavy atom. The van der Waals surface area contributed by atoms with E-state index in [1.807, 2.05) is 0 Å². The van der Waals surface area contributed by atoms with E-state index < -0.39 is 30.5 Å². The molecule has 0 radical (unpaired) electrons. The predicted octanol–water partition coefficient (Wildman–Crippen LogP) is 3.70. The second-order valence-electron chi connectivity index (χ2n) is 3.85. The smallest absolute Gasteiger partial charge is 0.372 e. The van der Waals surface area contributed by atoms with Crippen molar-refractivity contribution in [2.75, 3.05) is 13.2 Å². The third-order valence-corrected chi connectivity index (χ3v) is 2.89. The third kappa shape index (κ3) is 5.42. The van der Waals surface area contributed by atoms with Crippen LogP contribution in [0.1, 0.15) is 18.0 Å². The molecule has 1 unspecified atom stereocenters. The van der Waals surface area contributed by atoms with Crippen LogP contribution in [0.2, 0.25) is 0 Å². The summed E-state index contributed by atoms with van der Waals surface area (Å²) in [4.78, 5) is 0. The van der Waals surface area contributed by atoms with Crippen LogP contribution in [0.25, 0.3) is 0 Å². The fraction of sp³-hybridized carbons (Fsp3) is 0.455. The molecule has 1 aromatic rings. The molecule has 0 saturated heterocycles. The minimum absolute atomic E-state index is 0.0470. The van der Waals surface area contributed by atoms with Crippen molar-refractivity contribution in [3.8, 4) is 0 Å². The van der Waals surface area contributed by atoms with Crippen LogP contribution >= 0.6 is 15.9 Å². The Morgan fingerprint density at radius 1 is 1.21 bits per heavy atom. The monoisotopic (exact) mass is 347 g/mol. The fourth-order valence-electron chi connectivity index (χ4n) is 1.38. The van der Waals surface area contributed by atoms with E-state index in [2.05, 4.69) is 20.7 Å². The maximum Gasteiger partial charge on any atom is 0.411 e. The lowest BCUT2D eigenvalue weighted by Crippen LogP contribution is -2.20. The number of rotatable bonds is 5. The molecule has 0 aliphatic carbocycles. The van der Waals surface area contributed by atoms with Gasteiger partial charge in [-0.1, -0.05) is 0 Å². The van der Waals surface area contributed by atoms with Gasteiger partial charge < -0.3 is 10.5 Å². The van der Waals surface area contributed by atoms with E-state index in [9.17, 15) is 22.0 Å². The van der Waals surface area contributed by atoms with Gasteiger partial charge in [0.2, 0.25) is 0 Å². The molecule has 0 fully saturated rings. The molecule has 0 heterocycles. The first-order valence-electron chi connectivity index (χ1n) is 5.25. The number of hydrogen-bond acceptors (Lipinski definition) is 2. The van der Waals surface area contributed by atoms with Crippen molar-refractivity contribution in [1.29, 1.82) is 0 Å². The lowest BCUT2D eigenvalue weighted by molar-refractivity contribution is -0.174. The molecule has 0 saturated carbocycles. The molecule has 19 heavy (non-hydrogen) atoms. The summed E-state index contributed by atoms with van der Waals surface area (Å²) in [6.07, 6.45) is -4.47. The molecule has 1 atom stereocenters. The highest BCUT2D eigenvalue weighted by molar-refractivity contribution is 9.10. The molecular weight excluding hydrogens is 337 g/mol. The van der Waals surface area contributed by atoms with Crippen LogP contribution < -0.4 is 5.73 Å². The molecule has 0 aliphatic heterocycles. The molecule has 1 rings (SSSR count). The first-order valence-corrected chi connectivity index (χ1v) is 6.04. The van der Waals surface area contributed by atoms with Crippen LogP contribution in [0.15, 0.2) is 16.6 Å². The second kappa shape index (κ2) is 6.62. The minimum atomic E-state index is -4.42. The number of hydrogen-bond donors (Lipinski definition) is 1. The predicted molar refractivity (Wildman–Crippen MR) is 62.5 cm³/mol. The maximum absolute atomic E-state index is 13.5. The van der Waals surface area contributed by atoms with Gasteiger partial charge in [0.05, 0.1) is 4.47 Å². The Bertz CT molecular complexity index is 438. The number of alkyl halides is 3. The highest BCUT2D eigenvalue weighted by atomic mass is 79.9. The first kappa shape index (κ1) is 16.3. The molecular formula is C11H11BrF5NO. The van der Waals surface area contributed by atoms with E-state index in [0.29, 0.717) is 0 Å². The Morgan fingerprint density at radius 2 is 1.84 bits per heavy atom. The summed E-state index contributed by atoms with van der Waals surface area (Å²) >= 11 is 2.81. The van der Waals surface area contributed by atoms with Crippen LogP contribution in [0.4, 0.5) is 22.0 Å². The van der Waals surface area contributed by atoms with Crippen molar-refractivity contribution >= 4 is 15.9 Å². The Balaban J connectivity index is 2.54. The van der Waals surface area contributed by atoms with E-state index in [1.54, 1.807) is 0 Å². The van der Waals surface area contributed by atoms with Crippen molar-refractivity contribution in [1.82, 2.24) is 0 Å². The second-order valence-corrected chi connectivity index (χ2v) is 4.71. The molecule has 0 aliphatic rings. The van der Waals surface area contributed by atoms with Gasteiger partial charge in [0.15, 0.2) is 0 Å². The van der Waals surface area contributed by atoms with Crippen LogP contribution in [0.3, 0.4) is 0 Å². The molecule has 8 heteroatoms. The third-order valence-electron chi connectivity index (χ3n) is 2.28. The van der Waals surface area contributed by atoms with Gasteiger partial charge in [0.1, 0.15) is 18.2 Å². The van der Waals surface area contributed by atoms with Gasteiger partial charge >= 0.3 is 6.18 Å². The largest absolute Gasteiger partial charge is 0.411 e. The molecule has 0 amide bonds. The van der Waals surface area contributed by atoms with Gasteiger partial charge in [0.25, 0.3) is 0 Å². The molecule has 0 bridgehead atoms. The van der Waals surface area contributed by atoms with Crippen molar-refractivity contribution < 1.29 is 26.7 Å². The summed E-state index contributed by atoms with van der Waals surface area (Å²) in [6, 6.07) is 0.894. The van der Waals surface area contributed by atoms with Gasteiger partial charge in [-0.25, -0.2) is 8.78 Å².